The molecule has 0 bridgehead atoms. The van der Waals surface area contributed by atoms with Crippen molar-refractivity contribution < 1.29 is 19.8 Å². The molecule has 0 fully saturated rings. The maximum atomic E-state index is 11.9. The first-order chi connectivity index (χ1) is 10.1. The number of rotatable bonds is 5. The summed E-state index contributed by atoms with van der Waals surface area (Å²) in [5, 5.41) is 20.8. The van der Waals surface area contributed by atoms with Crippen LogP contribution in [0.3, 0.4) is 0 Å². The molecule has 108 valence electrons. The van der Waals surface area contributed by atoms with Crippen molar-refractivity contribution in [2.24, 2.45) is 0 Å². The van der Waals surface area contributed by atoms with E-state index in [9.17, 15) is 14.7 Å². The third kappa shape index (κ3) is 4.07. The van der Waals surface area contributed by atoms with Gasteiger partial charge in [0, 0.05) is 12.1 Å². The monoisotopic (exact) mass is 285 g/mol. The zero-order valence-corrected chi connectivity index (χ0v) is 11.2. The van der Waals surface area contributed by atoms with E-state index in [0.29, 0.717) is 18.5 Å². The summed E-state index contributed by atoms with van der Waals surface area (Å²) in [6, 6.07) is 12.6. The lowest BCUT2D eigenvalue weighted by atomic mass is 10.1. The number of amides is 1. The number of carboxylic acid groups (broad SMARTS) is 1. The number of aromatic carboxylic acids is 1. The number of phenolic OH excluding ortho intramolecular Hbond substituents is 1. The van der Waals surface area contributed by atoms with E-state index in [1.165, 1.54) is 12.1 Å². The van der Waals surface area contributed by atoms with Gasteiger partial charge in [-0.1, -0.05) is 18.2 Å². The second kappa shape index (κ2) is 6.56. The highest BCUT2D eigenvalue weighted by molar-refractivity contribution is 5.97. The molecule has 0 aliphatic heterocycles. The molecule has 0 aromatic heterocycles. The summed E-state index contributed by atoms with van der Waals surface area (Å²) in [6.45, 7) is 0.431. The average molecular weight is 285 g/mol. The largest absolute Gasteiger partial charge is 0.508 e. The number of phenols is 1. The summed E-state index contributed by atoms with van der Waals surface area (Å²) in [5.41, 5.74) is 1.40. The van der Waals surface area contributed by atoms with Crippen molar-refractivity contribution >= 4 is 11.9 Å². The van der Waals surface area contributed by atoms with Gasteiger partial charge in [-0.3, -0.25) is 4.79 Å². The number of carboxylic acids is 1. The number of benzene rings is 2. The molecule has 1 amide bonds. The highest BCUT2D eigenvalue weighted by Crippen LogP contribution is 2.10. The Balaban J connectivity index is 1.91. The molecule has 2 aromatic carbocycles. The molecule has 0 atom stereocenters. The fraction of sp³-hybridized carbons (Fsp3) is 0.125. The van der Waals surface area contributed by atoms with Gasteiger partial charge in [0.05, 0.1) is 5.56 Å². The second-order valence-electron chi connectivity index (χ2n) is 4.56. The molecule has 2 aromatic rings. The third-order valence-corrected chi connectivity index (χ3v) is 3.01. The summed E-state index contributed by atoms with van der Waals surface area (Å²) in [5.74, 6) is -1.17. The number of aromatic hydroxyl groups is 1. The molecule has 0 aliphatic carbocycles. The minimum absolute atomic E-state index is 0.0844. The number of nitrogens with one attached hydrogen (secondary N) is 1. The van der Waals surface area contributed by atoms with E-state index in [4.69, 9.17) is 5.11 Å². The van der Waals surface area contributed by atoms with Crippen molar-refractivity contribution in [2.75, 3.05) is 6.54 Å². The van der Waals surface area contributed by atoms with Crippen molar-refractivity contribution in [3.05, 3.63) is 65.2 Å². The smallest absolute Gasteiger partial charge is 0.335 e. The Morgan fingerprint density at radius 3 is 2.33 bits per heavy atom. The van der Waals surface area contributed by atoms with E-state index in [1.807, 2.05) is 0 Å². The predicted octanol–water partition coefficient (Wildman–Crippen LogP) is 2.06. The van der Waals surface area contributed by atoms with Crippen molar-refractivity contribution in [3.8, 4) is 5.75 Å². The molecule has 2 rings (SSSR count). The van der Waals surface area contributed by atoms with Crippen molar-refractivity contribution in [1.29, 1.82) is 0 Å². The van der Waals surface area contributed by atoms with Crippen LogP contribution >= 0.6 is 0 Å². The third-order valence-electron chi connectivity index (χ3n) is 3.01. The first-order valence-corrected chi connectivity index (χ1v) is 6.46. The Hall–Kier alpha value is -2.82. The molecule has 0 unspecified atom stereocenters. The summed E-state index contributed by atoms with van der Waals surface area (Å²) in [7, 11) is 0. The molecular formula is C16H15NO4. The molecule has 0 saturated carbocycles. The maximum absolute atomic E-state index is 11.9. The highest BCUT2D eigenvalue weighted by atomic mass is 16.4. The Morgan fingerprint density at radius 1 is 1.00 bits per heavy atom. The Kier molecular flexibility index (Phi) is 4.56. The Bertz CT molecular complexity index is 650. The van der Waals surface area contributed by atoms with Gasteiger partial charge in [0.2, 0.25) is 0 Å². The second-order valence-corrected chi connectivity index (χ2v) is 4.56. The standard InChI is InChI=1S/C16H15NO4/c18-14-6-4-11(5-7-14)8-9-17-15(19)12-2-1-3-13(10-12)16(20)21/h1-7,10,18H,8-9H2,(H,17,19)(H,20,21). The molecule has 0 aliphatic rings. The van der Waals surface area contributed by atoms with Crippen LogP contribution in [-0.2, 0) is 6.42 Å². The molecule has 0 saturated heterocycles. The van der Waals surface area contributed by atoms with Gasteiger partial charge in [0.1, 0.15) is 5.75 Å². The molecule has 5 heteroatoms. The molecule has 3 N–H and O–H groups in total. The quantitative estimate of drug-likeness (QED) is 0.784. The minimum atomic E-state index is -1.06. The summed E-state index contributed by atoms with van der Waals surface area (Å²) in [4.78, 5) is 22.8. The molecule has 21 heavy (non-hydrogen) atoms. The molecule has 0 heterocycles. The van der Waals surface area contributed by atoms with Gasteiger partial charge in [-0.25, -0.2) is 4.79 Å². The topological polar surface area (TPSA) is 86.6 Å². The van der Waals surface area contributed by atoms with Crippen LogP contribution in [0.15, 0.2) is 48.5 Å². The van der Waals surface area contributed by atoms with Gasteiger partial charge >= 0.3 is 5.97 Å². The van der Waals surface area contributed by atoms with E-state index in [0.717, 1.165) is 5.56 Å². The summed E-state index contributed by atoms with van der Waals surface area (Å²) >= 11 is 0. The van der Waals surface area contributed by atoms with Crippen LogP contribution < -0.4 is 5.32 Å². The van der Waals surface area contributed by atoms with Crippen LogP contribution in [0.4, 0.5) is 0 Å². The molecule has 5 nitrogen and oxygen atoms in total. The van der Waals surface area contributed by atoms with Crippen molar-refractivity contribution in [3.63, 3.8) is 0 Å². The summed E-state index contributed by atoms with van der Waals surface area (Å²) in [6.07, 6.45) is 0.630. The van der Waals surface area contributed by atoms with E-state index in [1.54, 1.807) is 36.4 Å². The van der Waals surface area contributed by atoms with Crippen LogP contribution in [0, 0.1) is 0 Å². The van der Waals surface area contributed by atoms with Gasteiger partial charge in [-0.05, 0) is 42.3 Å². The zero-order chi connectivity index (χ0) is 15.2. The van der Waals surface area contributed by atoms with E-state index >= 15 is 0 Å². The predicted molar refractivity (Wildman–Crippen MR) is 77.5 cm³/mol. The first-order valence-electron chi connectivity index (χ1n) is 6.46. The fourth-order valence-electron chi connectivity index (χ4n) is 1.88. The molecule has 0 radical (unpaired) electrons. The SMILES string of the molecule is O=C(O)c1cccc(C(=O)NCCc2ccc(O)cc2)c1. The normalized spacial score (nSPS) is 10.1. The number of hydrogen-bond acceptors (Lipinski definition) is 3. The van der Waals surface area contributed by atoms with E-state index in [2.05, 4.69) is 5.32 Å². The zero-order valence-electron chi connectivity index (χ0n) is 11.2. The van der Waals surface area contributed by atoms with E-state index < -0.39 is 5.97 Å². The number of carbonyl (C=O) groups excluding carboxylic acids is 1. The Morgan fingerprint density at radius 2 is 1.67 bits per heavy atom. The van der Waals surface area contributed by atoms with Crippen LogP contribution in [0.1, 0.15) is 26.3 Å². The van der Waals surface area contributed by atoms with Crippen LogP contribution in [-0.4, -0.2) is 28.6 Å². The molecular weight excluding hydrogens is 270 g/mol. The Labute approximate surface area is 121 Å². The lowest BCUT2D eigenvalue weighted by Crippen LogP contribution is -2.25. The van der Waals surface area contributed by atoms with Crippen molar-refractivity contribution in [2.45, 2.75) is 6.42 Å². The summed E-state index contributed by atoms with van der Waals surface area (Å²) < 4.78 is 0. The molecule has 0 spiro atoms. The average Bonchev–Trinajstić information content (AvgIpc) is 2.49. The van der Waals surface area contributed by atoms with Crippen LogP contribution in [0.2, 0.25) is 0 Å². The van der Waals surface area contributed by atoms with Gasteiger partial charge in [-0.2, -0.15) is 0 Å². The lowest BCUT2D eigenvalue weighted by molar-refractivity contribution is 0.0697. The maximum Gasteiger partial charge on any atom is 0.335 e. The van der Waals surface area contributed by atoms with Crippen molar-refractivity contribution in [1.82, 2.24) is 5.32 Å². The first kappa shape index (κ1) is 14.6. The van der Waals surface area contributed by atoms with Crippen LogP contribution in [0.25, 0.3) is 0 Å². The minimum Gasteiger partial charge on any atom is -0.508 e. The highest BCUT2D eigenvalue weighted by Gasteiger charge is 2.08. The van der Waals surface area contributed by atoms with Crippen LogP contribution in [0.5, 0.6) is 5.75 Å². The van der Waals surface area contributed by atoms with E-state index in [-0.39, 0.29) is 17.2 Å². The lowest BCUT2D eigenvalue weighted by Gasteiger charge is -2.06. The van der Waals surface area contributed by atoms with Gasteiger partial charge < -0.3 is 15.5 Å². The van der Waals surface area contributed by atoms with Gasteiger partial charge in [0.15, 0.2) is 0 Å². The van der Waals surface area contributed by atoms with Gasteiger partial charge in [-0.15, -0.1) is 0 Å². The number of carbonyl (C=O) groups is 2. The number of hydrogen-bond donors (Lipinski definition) is 3. The van der Waals surface area contributed by atoms with Gasteiger partial charge in [0.25, 0.3) is 5.91 Å². The fourth-order valence-corrected chi connectivity index (χ4v) is 1.88.